The number of aromatic amines is 1. The van der Waals surface area contributed by atoms with E-state index in [1.807, 2.05) is 12.1 Å². The smallest absolute Gasteiger partial charge is 0.255 e. The zero-order valence-corrected chi connectivity index (χ0v) is 14.6. The van der Waals surface area contributed by atoms with Crippen LogP contribution in [-0.4, -0.2) is 53.9 Å². The van der Waals surface area contributed by atoms with Crippen molar-refractivity contribution in [2.45, 2.75) is 25.4 Å². The van der Waals surface area contributed by atoms with E-state index in [4.69, 9.17) is 0 Å². The molecule has 10 heteroatoms. The Hall–Kier alpha value is -3.82. The zero-order valence-electron chi connectivity index (χ0n) is 14.6. The molecule has 0 spiro atoms. The van der Waals surface area contributed by atoms with E-state index in [9.17, 15) is 14.4 Å². The van der Waals surface area contributed by atoms with Crippen LogP contribution in [0.4, 0.5) is 0 Å². The third-order valence-corrected chi connectivity index (χ3v) is 5.05. The number of fused-ring (bicyclic) bond motifs is 1. The quantitative estimate of drug-likeness (QED) is 0.637. The molecule has 2 aromatic heterocycles. The lowest BCUT2D eigenvalue weighted by atomic mass is 10.0. The molecule has 2 aliphatic heterocycles. The molecule has 1 fully saturated rings. The number of rotatable bonds is 3. The monoisotopic (exact) mass is 377 g/mol. The normalized spacial score (nSPS) is 19.1. The predicted octanol–water partition coefficient (Wildman–Crippen LogP) is 0.418. The van der Waals surface area contributed by atoms with E-state index in [1.165, 1.54) is 4.90 Å². The van der Waals surface area contributed by atoms with Crippen LogP contribution in [0.15, 0.2) is 36.7 Å². The van der Waals surface area contributed by atoms with Gasteiger partial charge in [-0.1, -0.05) is 11.3 Å². The van der Waals surface area contributed by atoms with Crippen molar-refractivity contribution < 1.29 is 14.4 Å². The number of hydrogen-bond donors (Lipinski definition) is 2. The van der Waals surface area contributed by atoms with E-state index in [1.54, 1.807) is 29.2 Å². The third-order valence-electron chi connectivity index (χ3n) is 5.05. The van der Waals surface area contributed by atoms with Gasteiger partial charge in [0.05, 0.1) is 17.6 Å². The first-order valence-corrected chi connectivity index (χ1v) is 8.80. The number of carbonyl (C=O) groups is 3. The molecule has 2 N–H and O–H groups in total. The lowest BCUT2D eigenvalue weighted by Gasteiger charge is -2.29. The van der Waals surface area contributed by atoms with Gasteiger partial charge in [0.25, 0.3) is 5.91 Å². The first-order chi connectivity index (χ1) is 13.6. The van der Waals surface area contributed by atoms with Gasteiger partial charge in [-0.15, -0.1) is 5.10 Å². The maximum Gasteiger partial charge on any atom is 0.255 e. The van der Waals surface area contributed by atoms with E-state index in [-0.39, 0.29) is 18.2 Å². The number of nitrogens with zero attached hydrogens (tertiary/aromatic N) is 5. The molecule has 4 heterocycles. The van der Waals surface area contributed by atoms with Crippen LogP contribution in [0.3, 0.4) is 0 Å². The van der Waals surface area contributed by atoms with Crippen LogP contribution < -0.4 is 5.32 Å². The number of amides is 3. The highest BCUT2D eigenvalue weighted by Crippen LogP contribution is 2.29. The number of H-pyrrole nitrogens is 1. The highest BCUT2D eigenvalue weighted by atomic mass is 16.2. The molecule has 1 atom stereocenters. The Bertz CT molecular complexity index is 1100. The molecular weight excluding hydrogens is 362 g/mol. The molecular formula is C18H15N7O3. The van der Waals surface area contributed by atoms with Crippen LogP contribution in [-0.2, 0) is 16.1 Å². The summed E-state index contributed by atoms with van der Waals surface area (Å²) in [6.45, 7) is 0.345. The fourth-order valence-electron chi connectivity index (χ4n) is 3.60. The van der Waals surface area contributed by atoms with Crippen molar-refractivity contribution >= 4 is 17.7 Å². The van der Waals surface area contributed by atoms with Crippen molar-refractivity contribution in [2.24, 2.45) is 0 Å². The van der Waals surface area contributed by atoms with Crippen LogP contribution in [0.5, 0.6) is 0 Å². The lowest BCUT2D eigenvalue weighted by molar-refractivity contribution is -0.136. The summed E-state index contributed by atoms with van der Waals surface area (Å²) in [5.74, 6) is -0.940. The van der Waals surface area contributed by atoms with Gasteiger partial charge < -0.3 is 4.90 Å². The number of aromatic nitrogens is 5. The van der Waals surface area contributed by atoms with Gasteiger partial charge in [-0.2, -0.15) is 5.10 Å². The van der Waals surface area contributed by atoms with E-state index >= 15 is 0 Å². The average molecular weight is 377 g/mol. The van der Waals surface area contributed by atoms with Crippen molar-refractivity contribution in [3.8, 4) is 17.1 Å². The molecule has 3 aromatic rings. The predicted molar refractivity (Wildman–Crippen MR) is 95.0 cm³/mol. The number of hydrogen-bond acceptors (Lipinski definition) is 6. The van der Waals surface area contributed by atoms with Gasteiger partial charge in [-0.25, -0.2) is 4.68 Å². The topological polar surface area (TPSA) is 126 Å². The van der Waals surface area contributed by atoms with Gasteiger partial charge in [-0.05, 0) is 30.2 Å². The highest BCUT2D eigenvalue weighted by molar-refractivity contribution is 6.05. The van der Waals surface area contributed by atoms with Gasteiger partial charge in [0.2, 0.25) is 11.8 Å². The summed E-state index contributed by atoms with van der Waals surface area (Å²) in [6, 6.07) is 6.62. The molecule has 140 valence electrons. The van der Waals surface area contributed by atoms with Gasteiger partial charge in [0.15, 0.2) is 0 Å². The second-order valence-corrected chi connectivity index (χ2v) is 6.76. The maximum atomic E-state index is 12.9. The minimum absolute atomic E-state index is 0.222. The molecule has 0 saturated carbocycles. The number of piperidine rings is 1. The van der Waals surface area contributed by atoms with Crippen molar-refractivity contribution in [1.82, 2.24) is 35.4 Å². The zero-order chi connectivity index (χ0) is 19.3. The Labute approximate surface area is 158 Å². The summed E-state index contributed by atoms with van der Waals surface area (Å²) in [6.07, 6.45) is 3.95. The fraction of sp³-hybridized carbons (Fsp3) is 0.222. The maximum absolute atomic E-state index is 12.9. The Balaban J connectivity index is 1.42. The summed E-state index contributed by atoms with van der Waals surface area (Å²) in [7, 11) is 0. The summed E-state index contributed by atoms with van der Waals surface area (Å²) >= 11 is 0. The minimum atomic E-state index is -0.626. The number of imide groups is 1. The minimum Gasteiger partial charge on any atom is -0.322 e. The van der Waals surface area contributed by atoms with E-state index in [0.29, 0.717) is 29.9 Å². The Kier molecular flexibility index (Phi) is 3.57. The molecule has 5 rings (SSSR count). The second kappa shape index (κ2) is 6.12. The van der Waals surface area contributed by atoms with Gasteiger partial charge >= 0.3 is 0 Å². The first kappa shape index (κ1) is 16.4. The summed E-state index contributed by atoms with van der Waals surface area (Å²) in [4.78, 5) is 37.9. The SMILES string of the molecule is O=C1CCC(N2Cc3ccc(-n4cc(-c5ccn[nH]5)nn4)cc3C2=O)C(=O)N1. The molecule has 0 radical (unpaired) electrons. The Morgan fingerprint density at radius 3 is 2.82 bits per heavy atom. The molecule has 0 bridgehead atoms. The molecule has 3 amide bonds. The van der Waals surface area contributed by atoms with Crippen LogP contribution in [0, 0.1) is 0 Å². The van der Waals surface area contributed by atoms with Gasteiger partial charge in [0.1, 0.15) is 11.7 Å². The van der Waals surface area contributed by atoms with Crippen molar-refractivity contribution in [3.63, 3.8) is 0 Å². The molecule has 10 nitrogen and oxygen atoms in total. The number of benzene rings is 1. The number of carbonyl (C=O) groups excluding carboxylic acids is 3. The van der Waals surface area contributed by atoms with E-state index < -0.39 is 11.9 Å². The van der Waals surface area contributed by atoms with E-state index in [0.717, 1.165) is 11.3 Å². The average Bonchev–Trinajstić information content (AvgIpc) is 3.42. The van der Waals surface area contributed by atoms with Crippen LogP contribution in [0.25, 0.3) is 17.1 Å². The Morgan fingerprint density at radius 2 is 2.04 bits per heavy atom. The first-order valence-electron chi connectivity index (χ1n) is 8.80. The van der Waals surface area contributed by atoms with Gasteiger partial charge in [-0.3, -0.25) is 24.8 Å². The summed E-state index contributed by atoms with van der Waals surface area (Å²) in [5, 5.41) is 17.3. The summed E-state index contributed by atoms with van der Waals surface area (Å²) in [5.41, 5.74) is 3.44. The van der Waals surface area contributed by atoms with Crippen LogP contribution in [0.2, 0.25) is 0 Å². The highest BCUT2D eigenvalue weighted by Gasteiger charge is 2.39. The lowest BCUT2D eigenvalue weighted by Crippen LogP contribution is -2.52. The summed E-state index contributed by atoms with van der Waals surface area (Å²) < 4.78 is 1.58. The fourth-order valence-corrected chi connectivity index (χ4v) is 3.60. The third kappa shape index (κ3) is 2.57. The molecule has 2 aliphatic rings. The largest absolute Gasteiger partial charge is 0.322 e. The van der Waals surface area contributed by atoms with Crippen LogP contribution >= 0.6 is 0 Å². The number of nitrogens with one attached hydrogen (secondary N) is 2. The molecule has 1 unspecified atom stereocenters. The molecule has 1 aromatic carbocycles. The molecule has 28 heavy (non-hydrogen) atoms. The molecule has 1 saturated heterocycles. The standard InChI is InChI=1S/C18H15N7O3/c26-16-4-3-15(17(27)20-16)24-8-10-1-2-11(7-12(10)18(24)28)25-9-14(22-23-25)13-5-6-19-21-13/h1-2,5-7,9,15H,3-4,8H2,(H,19,21)(H,20,26,27). The Morgan fingerprint density at radius 1 is 1.14 bits per heavy atom. The van der Waals surface area contributed by atoms with Crippen molar-refractivity contribution in [3.05, 3.63) is 47.8 Å². The van der Waals surface area contributed by atoms with Crippen molar-refractivity contribution in [2.75, 3.05) is 0 Å². The van der Waals surface area contributed by atoms with Gasteiger partial charge in [0, 0.05) is 24.7 Å². The van der Waals surface area contributed by atoms with Crippen LogP contribution in [0.1, 0.15) is 28.8 Å². The van der Waals surface area contributed by atoms with Crippen molar-refractivity contribution in [1.29, 1.82) is 0 Å². The second-order valence-electron chi connectivity index (χ2n) is 6.76. The molecule has 0 aliphatic carbocycles. The van der Waals surface area contributed by atoms with E-state index in [2.05, 4.69) is 25.8 Å².